The average molecular weight is 571 g/mol. The van der Waals surface area contributed by atoms with Gasteiger partial charge in [0.1, 0.15) is 16.5 Å². The number of hydrogen-bond donors (Lipinski definition) is 0. The van der Waals surface area contributed by atoms with E-state index in [1.807, 2.05) is 24.3 Å². The van der Waals surface area contributed by atoms with Crippen LogP contribution in [0.15, 0.2) is 57.2 Å². The van der Waals surface area contributed by atoms with Gasteiger partial charge in [-0.1, -0.05) is 28.9 Å². The number of carbonyl (C=O) groups is 1. The Kier molecular flexibility index (Phi) is 8.25. The Balaban J connectivity index is 1.60. The molecule has 2 aromatic heterocycles. The number of nitrogens with zero attached hydrogens (tertiary/aromatic N) is 4. The summed E-state index contributed by atoms with van der Waals surface area (Å²) in [6, 6.07) is 11.3. The lowest BCUT2D eigenvalue weighted by Gasteiger charge is -2.10. The fourth-order valence-electron chi connectivity index (χ4n) is 3.13. The number of benzene rings is 2. The molecule has 0 spiro atoms. The molecule has 0 unspecified atom stereocenters. The van der Waals surface area contributed by atoms with Crippen LogP contribution < -0.4 is 9.47 Å². The Bertz CT molecular complexity index is 1390. The first-order chi connectivity index (χ1) is 17.7. The number of hydrogen-bond acceptors (Lipinski definition) is 9. The number of ether oxygens (including phenoxy) is 3. The molecule has 2 aromatic carbocycles. The number of esters is 1. The van der Waals surface area contributed by atoms with Crippen LogP contribution in [0, 0.1) is 0 Å². The average Bonchev–Trinajstić information content (AvgIpc) is 3.48. The monoisotopic (exact) mass is 570 g/mol. The number of methoxy groups -OCH3 is 1. The molecule has 0 aliphatic heterocycles. The zero-order valence-electron chi connectivity index (χ0n) is 19.3. The molecule has 0 radical (unpaired) electrons. The predicted octanol–water partition coefficient (Wildman–Crippen LogP) is 6.34. The molecule has 0 saturated heterocycles. The minimum Gasteiger partial charge on any atom is -0.497 e. The van der Waals surface area contributed by atoms with Gasteiger partial charge in [0, 0.05) is 10.9 Å². The quantitative estimate of drug-likeness (QED) is 0.215. The molecule has 8 nitrogen and oxygen atoms in total. The van der Waals surface area contributed by atoms with Crippen LogP contribution in [0.2, 0.25) is 5.02 Å². The Labute approximate surface area is 222 Å². The standard InChI is InChI=1S/C23H18ClF3N4O4S2/c1-3-34-21(32)19-20(31(30-29-19)11-13-4-7-15(33-2)8-5-13)37-22-28-17(12-36-22)14-6-9-18(16(24)10-14)35-23(25,26)27/h4-10,12H,3,11H2,1-2H3. The second-order valence-electron chi connectivity index (χ2n) is 7.26. The fraction of sp³-hybridized carbons (Fsp3) is 0.217. The Hall–Kier alpha value is -3.29. The van der Waals surface area contributed by atoms with Gasteiger partial charge in [-0.15, -0.1) is 29.6 Å². The van der Waals surface area contributed by atoms with E-state index in [0.29, 0.717) is 32.9 Å². The van der Waals surface area contributed by atoms with Crippen molar-refractivity contribution in [3.63, 3.8) is 0 Å². The topological polar surface area (TPSA) is 88.4 Å². The number of carbonyl (C=O) groups excluding carboxylic acids is 1. The molecular weight excluding hydrogens is 553 g/mol. The van der Waals surface area contributed by atoms with Gasteiger partial charge in [0.15, 0.2) is 4.34 Å². The maximum absolute atomic E-state index is 12.5. The lowest BCUT2D eigenvalue weighted by atomic mass is 10.2. The second-order valence-corrected chi connectivity index (χ2v) is 9.76. The van der Waals surface area contributed by atoms with Crippen LogP contribution in [0.3, 0.4) is 0 Å². The molecule has 0 aliphatic carbocycles. The summed E-state index contributed by atoms with van der Waals surface area (Å²) in [5.74, 6) is -0.414. The number of aromatic nitrogens is 4. The molecule has 0 saturated carbocycles. The highest BCUT2D eigenvalue weighted by atomic mass is 35.5. The normalized spacial score (nSPS) is 11.4. The predicted molar refractivity (Wildman–Crippen MR) is 131 cm³/mol. The summed E-state index contributed by atoms with van der Waals surface area (Å²) >= 11 is 8.42. The largest absolute Gasteiger partial charge is 0.573 e. The van der Waals surface area contributed by atoms with Gasteiger partial charge in [-0.25, -0.2) is 14.5 Å². The Morgan fingerprint density at radius 1 is 1.19 bits per heavy atom. The van der Waals surface area contributed by atoms with Gasteiger partial charge in [0.25, 0.3) is 0 Å². The molecule has 0 atom stereocenters. The molecule has 0 N–H and O–H groups in total. The van der Waals surface area contributed by atoms with Crippen molar-refractivity contribution in [2.45, 2.75) is 29.2 Å². The highest BCUT2D eigenvalue weighted by molar-refractivity contribution is 8.01. The first-order valence-corrected chi connectivity index (χ1v) is 12.7. The van der Waals surface area contributed by atoms with Crippen molar-refractivity contribution in [3.05, 3.63) is 64.1 Å². The summed E-state index contributed by atoms with van der Waals surface area (Å²) in [6.07, 6.45) is -4.85. The van der Waals surface area contributed by atoms with E-state index in [0.717, 1.165) is 11.6 Å². The van der Waals surface area contributed by atoms with E-state index >= 15 is 0 Å². The van der Waals surface area contributed by atoms with Crippen molar-refractivity contribution in [1.82, 2.24) is 20.0 Å². The van der Waals surface area contributed by atoms with E-state index in [-0.39, 0.29) is 17.3 Å². The molecule has 0 aliphatic rings. The highest BCUT2D eigenvalue weighted by Gasteiger charge is 2.32. The summed E-state index contributed by atoms with van der Waals surface area (Å²) in [4.78, 5) is 17.0. The number of halogens is 4. The van der Waals surface area contributed by atoms with Crippen LogP contribution in [0.1, 0.15) is 23.0 Å². The molecule has 14 heteroatoms. The molecule has 0 amide bonds. The van der Waals surface area contributed by atoms with Gasteiger partial charge >= 0.3 is 12.3 Å². The van der Waals surface area contributed by atoms with Gasteiger partial charge in [0.2, 0.25) is 5.69 Å². The SMILES string of the molecule is CCOC(=O)c1nnn(Cc2ccc(OC)cc2)c1Sc1nc(-c2ccc(OC(F)(F)F)c(Cl)c2)cs1. The summed E-state index contributed by atoms with van der Waals surface area (Å²) in [5, 5.41) is 10.1. The summed E-state index contributed by atoms with van der Waals surface area (Å²) < 4.78 is 53.9. The van der Waals surface area contributed by atoms with E-state index < -0.39 is 18.1 Å². The van der Waals surface area contributed by atoms with Crippen molar-refractivity contribution in [3.8, 4) is 22.8 Å². The molecule has 4 rings (SSSR count). The number of alkyl halides is 3. The van der Waals surface area contributed by atoms with Crippen LogP contribution in [0.4, 0.5) is 13.2 Å². The molecular formula is C23H18ClF3N4O4S2. The van der Waals surface area contributed by atoms with Gasteiger partial charge in [-0.3, -0.25) is 0 Å². The van der Waals surface area contributed by atoms with Gasteiger partial charge in [-0.05, 0) is 54.6 Å². The van der Waals surface area contributed by atoms with Gasteiger partial charge in [0.05, 0.1) is 31.0 Å². The molecule has 4 aromatic rings. The lowest BCUT2D eigenvalue weighted by Crippen LogP contribution is -2.17. The van der Waals surface area contributed by atoms with Crippen molar-refractivity contribution in [2.24, 2.45) is 0 Å². The van der Waals surface area contributed by atoms with Crippen molar-refractivity contribution >= 4 is 40.7 Å². The molecule has 0 fully saturated rings. The summed E-state index contributed by atoms with van der Waals surface area (Å²) in [5.41, 5.74) is 1.94. The van der Waals surface area contributed by atoms with Gasteiger partial charge < -0.3 is 14.2 Å². The van der Waals surface area contributed by atoms with Crippen LogP contribution >= 0.6 is 34.7 Å². The second kappa shape index (κ2) is 11.4. The molecule has 37 heavy (non-hydrogen) atoms. The molecule has 0 bridgehead atoms. The lowest BCUT2D eigenvalue weighted by molar-refractivity contribution is -0.274. The fourth-order valence-corrected chi connectivity index (χ4v) is 5.21. The van der Waals surface area contributed by atoms with E-state index in [4.69, 9.17) is 21.1 Å². The minimum atomic E-state index is -4.85. The van der Waals surface area contributed by atoms with E-state index in [2.05, 4.69) is 20.0 Å². The minimum absolute atomic E-state index is 0.0498. The maximum atomic E-state index is 12.5. The first-order valence-electron chi connectivity index (χ1n) is 10.6. The van der Waals surface area contributed by atoms with Crippen LogP contribution in [-0.4, -0.2) is 46.0 Å². The molecule has 194 valence electrons. The number of rotatable bonds is 9. The maximum Gasteiger partial charge on any atom is 0.573 e. The van der Waals surface area contributed by atoms with E-state index in [9.17, 15) is 18.0 Å². The smallest absolute Gasteiger partial charge is 0.497 e. The van der Waals surface area contributed by atoms with E-state index in [1.165, 1.54) is 35.2 Å². The third-order valence-corrected chi connectivity index (χ3v) is 7.10. The Morgan fingerprint density at radius 3 is 2.59 bits per heavy atom. The van der Waals surface area contributed by atoms with Crippen LogP contribution in [0.5, 0.6) is 11.5 Å². The van der Waals surface area contributed by atoms with Crippen LogP contribution in [-0.2, 0) is 11.3 Å². The third-order valence-electron chi connectivity index (χ3n) is 4.77. The number of thiazole rings is 1. The first kappa shape index (κ1) is 26.8. The summed E-state index contributed by atoms with van der Waals surface area (Å²) in [7, 11) is 1.58. The Morgan fingerprint density at radius 2 is 1.95 bits per heavy atom. The zero-order chi connectivity index (χ0) is 26.6. The van der Waals surface area contributed by atoms with E-state index in [1.54, 1.807) is 24.1 Å². The third kappa shape index (κ3) is 6.73. The summed E-state index contributed by atoms with van der Waals surface area (Å²) in [6.45, 7) is 2.19. The van der Waals surface area contributed by atoms with Crippen LogP contribution in [0.25, 0.3) is 11.3 Å². The van der Waals surface area contributed by atoms with Gasteiger partial charge in [-0.2, -0.15) is 0 Å². The van der Waals surface area contributed by atoms with Crippen molar-refractivity contribution in [2.75, 3.05) is 13.7 Å². The zero-order valence-corrected chi connectivity index (χ0v) is 21.7. The van der Waals surface area contributed by atoms with Crippen molar-refractivity contribution < 1.29 is 32.2 Å². The highest BCUT2D eigenvalue weighted by Crippen LogP contribution is 2.37. The molecule has 2 heterocycles. The van der Waals surface area contributed by atoms with Crippen molar-refractivity contribution in [1.29, 1.82) is 0 Å².